The van der Waals surface area contributed by atoms with E-state index in [1.165, 1.54) is 0 Å². The van der Waals surface area contributed by atoms with Crippen molar-refractivity contribution in [2.24, 2.45) is 11.8 Å². The minimum absolute atomic E-state index is 0.0118. The number of hydrogen-bond acceptors (Lipinski definition) is 2. The zero-order valence-corrected chi connectivity index (χ0v) is 17.8. The number of rotatable bonds is 6. The highest BCUT2D eigenvalue weighted by Crippen LogP contribution is 2.32. The van der Waals surface area contributed by atoms with Gasteiger partial charge in [-0.1, -0.05) is 48.5 Å². The van der Waals surface area contributed by atoms with Gasteiger partial charge in [0.15, 0.2) is 0 Å². The molecule has 4 heteroatoms. The van der Waals surface area contributed by atoms with Crippen LogP contribution in [0, 0.1) is 25.7 Å². The fourth-order valence-electron chi connectivity index (χ4n) is 4.25. The summed E-state index contributed by atoms with van der Waals surface area (Å²) in [6.07, 6.45) is 3.12. The number of carbonyl (C=O) groups is 2. The average Bonchev–Trinajstić information content (AvgIpc) is 2.75. The van der Waals surface area contributed by atoms with Gasteiger partial charge in [0, 0.05) is 30.6 Å². The lowest BCUT2D eigenvalue weighted by Gasteiger charge is -2.31. The topological polar surface area (TPSA) is 49.4 Å². The van der Waals surface area contributed by atoms with Gasteiger partial charge in [0.1, 0.15) is 0 Å². The molecule has 4 nitrogen and oxygen atoms in total. The molecule has 0 unspecified atom stereocenters. The second-order valence-corrected chi connectivity index (χ2v) is 8.14. The Balaban J connectivity index is 1.55. The Labute approximate surface area is 174 Å². The summed E-state index contributed by atoms with van der Waals surface area (Å²) in [5.41, 5.74) is 4.25. The molecule has 29 heavy (non-hydrogen) atoms. The summed E-state index contributed by atoms with van der Waals surface area (Å²) < 4.78 is 0. The van der Waals surface area contributed by atoms with Gasteiger partial charge in [-0.2, -0.15) is 0 Å². The number of aryl methyl sites for hydroxylation is 2. The molecule has 0 radical (unpaired) electrons. The Morgan fingerprint density at radius 1 is 0.897 bits per heavy atom. The lowest BCUT2D eigenvalue weighted by molar-refractivity contribution is -0.138. The van der Waals surface area contributed by atoms with Crippen molar-refractivity contribution >= 4 is 17.5 Å². The van der Waals surface area contributed by atoms with Crippen LogP contribution in [0.15, 0.2) is 48.5 Å². The molecule has 2 aromatic rings. The minimum atomic E-state index is -0.0118. The maximum Gasteiger partial charge on any atom is 0.227 e. The van der Waals surface area contributed by atoms with Crippen LogP contribution < -0.4 is 5.32 Å². The van der Waals surface area contributed by atoms with Gasteiger partial charge in [-0.3, -0.25) is 9.59 Å². The first kappa shape index (κ1) is 21.1. The van der Waals surface area contributed by atoms with E-state index in [9.17, 15) is 9.59 Å². The number of anilines is 1. The average molecular weight is 393 g/mol. The van der Waals surface area contributed by atoms with E-state index in [4.69, 9.17) is 0 Å². The highest BCUT2D eigenvalue weighted by atomic mass is 16.2. The van der Waals surface area contributed by atoms with Gasteiger partial charge in [0.05, 0.1) is 0 Å². The van der Waals surface area contributed by atoms with Gasteiger partial charge in [-0.25, -0.2) is 0 Å². The maximum absolute atomic E-state index is 13.0. The van der Waals surface area contributed by atoms with E-state index in [0.29, 0.717) is 13.1 Å². The quantitative estimate of drug-likeness (QED) is 0.744. The van der Waals surface area contributed by atoms with E-state index in [0.717, 1.165) is 48.1 Å². The number of benzene rings is 2. The zero-order valence-electron chi connectivity index (χ0n) is 17.8. The van der Waals surface area contributed by atoms with Crippen LogP contribution in [0.5, 0.6) is 0 Å². The lowest BCUT2D eigenvalue weighted by atomic mass is 9.80. The summed E-state index contributed by atoms with van der Waals surface area (Å²) >= 11 is 0. The van der Waals surface area contributed by atoms with Crippen LogP contribution in [0.3, 0.4) is 0 Å². The SMILES string of the molecule is CCN(Cc1ccccc1)C(=O)C1CCC(C(=O)Nc2c(C)cccc2C)CC1. The van der Waals surface area contributed by atoms with Crippen LogP contribution in [0.2, 0.25) is 0 Å². The first-order chi connectivity index (χ1) is 14.0. The molecule has 0 spiro atoms. The standard InChI is InChI=1S/C25H32N2O2/c1-4-27(17-20-11-6-5-7-12-20)25(29)22-15-13-21(14-16-22)24(28)26-23-18(2)9-8-10-19(23)3/h5-12,21-22H,4,13-17H2,1-3H3,(H,26,28). The number of carbonyl (C=O) groups excluding carboxylic acids is 2. The second-order valence-electron chi connectivity index (χ2n) is 8.14. The van der Waals surface area contributed by atoms with Gasteiger partial charge in [-0.05, 0) is 63.1 Å². The highest BCUT2D eigenvalue weighted by Gasteiger charge is 2.32. The molecule has 3 rings (SSSR count). The smallest absolute Gasteiger partial charge is 0.227 e. The predicted octanol–water partition coefficient (Wildman–Crippen LogP) is 5.10. The third kappa shape index (κ3) is 5.26. The van der Waals surface area contributed by atoms with Gasteiger partial charge in [-0.15, -0.1) is 0 Å². The molecule has 0 aromatic heterocycles. The molecule has 2 amide bonds. The van der Waals surface area contributed by atoms with Gasteiger partial charge < -0.3 is 10.2 Å². The summed E-state index contributed by atoms with van der Waals surface area (Å²) in [5.74, 6) is 0.333. The molecule has 1 N–H and O–H groups in total. The van der Waals surface area contributed by atoms with Crippen molar-refractivity contribution in [3.05, 3.63) is 65.2 Å². The Morgan fingerprint density at radius 2 is 1.48 bits per heavy atom. The van der Waals surface area contributed by atoms with E-state index >= 15 is 0 Å². The molecular weight excluding hydrogens is 360 g/mol. The van der Waals surface area contributed by atoms with Crippen molar-refractivity contribution in [1.29, 1.82) is 0 Å². The molecule has 0 bridgehead atoms. The van der Waals surface area contributed by atoms with E-state index in [2.05, 4.69) is 17.4 Å². The van der Waals surface area contributed by atoms with Crippen LogP contribution in [0.1, 0.15) is 49.3 Å². The summed E-state index contributed by atoms with van der Waals surface area (Å²) in [4.78, 5) is 27.7. The molecule has 0 saturated heterocycles. The van der Waals surface area contributed by atoms with Crippen molar-refractivity contribution in [3.8, 4) is 0 Å². The first-order valence-corrected chi connectivity index (χ1v) is 10.7. The number of nitrogens with zero attached hydrogens (tertiary/aromatic N) is 1. The molecule has 0 atom stereocenters. The number of para-hydroxylation sites is 1. The van der Waals surface area contributed by atoms with Gasteiger partial charge in [0.2, 0.25) is 11.8 Å². The lowest BCUT2D eigenvalue weighted by Crippen LogP contribution is -2.38. The van der Waals surface area contributed by atoms with Crippen LogP contribution in [0.25, 0.3) is 0 Å². The molecule has 0 aliphatic heterocycles. The molecule has 1 fully saturated rings. The van der Waals surface area contributed by atoms with E-state index in [1.807, 2.05) is 62.1 Å². The van der Waals surface area contributed by atoms with E-state index < -0.39 is 0 Å². The molecule has 1 aliphatic rings. The van der Waals surface area contributed by atoms with E-state index in [1.54, 1.807) is 0 Å². The largest absolute Gasteiger partial charge is 0.338 e. The van der Waals surface area contributed by atoms with Crippen LogP contribution in [-0.4, -0.2) is 23.3 Å². The van der Waals surface area contributed by atoms with Crippen molar-refractivity contribution in [2.75, 3.05) is 11.9 Å². The third-order valence-electron chi connectivity index (χ3n) is 6.09. The van der Waals surface area contributed by atoms with Crippen LogP contribution in [-0.2, 0) is 16.1 Å². The predicted molar refractivity (Wildman–Crippen MR) is 118 cm³/mol. The van der Waals surface area contributed by atoms with Crippen molar-refractivity contribution < 1.29 is 9.59 Å². The Morgan fingerprint density at radius 3 is 2.07 bits per heavy atom. The minimum Gasteiger partial charge on any atom is -0.338 e. The third-order valence-corrected chi connectivity index (χ3v) is 6.09. The van der Waals surface area contributed by atoms with Crippen molar-refractivity contribution in [2.45, 2.75) is 53.0 Å². The zero-order chi connectivity index (χ0) is 20.8. The highest BCUT2D eigenvalue weighted by molar-refractivity contribution is 5.94. The maximum atomic E-state index is 13.0. The van der Waals surface area contributed by atoms with Crippen LogP contribution in [0.4, 0.5) is 5.69 Å². The summed E-state index contributed by atoms with van der Waals surface area (Å²) in [5, 5.41) is 3.12. The monoisotopic (exact) mass is 392 g/mol. The number of hydrogen-bond donors (Lipinski definition) is 1. The normalized spacial score (nSPS) is 18.9. The molecule has 1 aliphatic carbocycles. The van der Waals surface area contributed by atoms with Gasteiger partial charge >= 0.3 is 0 Å². The Bertz CT molecular complexity index is 819. The molecule has 1 saturated carbocycles. The Kier molecular flexibility index (Phi) is 7.08. The number of amides is 2. The first-order valence-electron chi connectivity index (χ1n) is 10.7. The summed E-state index contributed by atoms with van der Waals surface area (Å²) in [7, 11) is 0. The summed E-state index contributed by atoms with van der Waals surface area (Å²) in [6, 6.07) is 16.2. The fraction of sp³-hybridized carbons (Fsp3) is 0.440. The molecular formula is C25H32N2O2. The van der Waals surface area contributed by atoms with E-state index in [-0.39, 0.29) is 23.7 Å². The van der Waals surface area contributed by atoms with Crippen molar-refractivity contribution in [1.82, 2.24) is 4.90 Å². The second kappa shape index (κ2) is 9.73. The van der Waals surface area contributed by atoms with Gasteiger partial charge in [0.25, 0.3) is 0 Å². The van der Waals surface area contributed by atoms with Crippen molar-refractivity contribution in [3.63, 3.8) is 0 Å². The fourth-order valence-corrected chi connectivity index (χ4v) is 4.25. The molecule has 154 valence electrons. The molecule has 0 heterocycles. The summed E-state index contributed by atoms with van der Waals surface area (Å²) in [6.45, 7) is 7.43. The number of nitrogens with one attached hydrogen (secondary N) is 1. The molecule has 2 aromatic carbocycles. The van der Waals surface area contributed by atoms with Crippen LogP contribution >= 0.6 is 0 Å². The Hall–Kier alpha value is -2.62.